The first-order valence-electron chi connectivity index (χ1n) is 12.1. The third-order valence-electron chi connectivity index (χ3n) is 9.09. The number of fused-ring (bicyclic) bond motifs is 4. The number of allylic oxidation sites excluding steroid dienone is 5. The highest BCUT2D eigenvalue weighted by Gasteiger charge is 2.55. The highest BCUT2D eigenvalue weighted by atomic mass is 16.1. The van der Waals surface area contributed by atoms with E-state index in [1.165, 1.54) is 42.4 Å². The third-order valence-corrected chi connectivity index (χ3v) is 9.09. The van der Waals surface area contributed by atoms with E-state index in [4.69, 9.17) is 0 Å². The molecule has 1 aromatic carbocycles. The lowest BCUT2D eigenvalue weighted by molar-refractivity contribution is -0.114. The zero-order valence-corrected chi connectivity index (χ0v) is 18.9. The quantitative estimate of drug-likeness (QED) is 0.480. The van der Waals surface area contributed by atoms with Crippen LogP contribution in [0.3, 0.4) is 0 Å². The number of rotatable bonds is 3. The molecule has 4 aliphatic rings. The summed E-state index contributed by atoms with van der Waals surface area (Å²) < 4.78 is 0. The summed E-state index contributed by atoms with van der Waals surface area (Å²) in [6.07, 6.45) is 12.1. The maximum atomic E-state index is 12.1. The Bertz CT molecular complexity index is 928. The lowest BCUT2D eigenvalue weighted by atomic mass is 9.52. The van der Waals surface area contributed by atoms with Crippen LogP contribution in [0.25, 0.3) is 0 Å². The van der Waals surface area contributed by atoms with Crippen molar-refractivity contribution in [1.29, 1.82) is 0 Å². The second-order valence-corrected chi connectivity index (χ2v) is 10.8. The summed E-state index contributed by atoms with van der Waals surface area (Å²) in [4.78, 5) is 12.1. The smallest absolute Gasteiger partial charge is 0.156 e. The molecule has 4 aliphatic carbocycles. The molecule has 0 bridgehead atoms. The van der Waals surface area contributed by atoms with Crippen molar-refractivity contribution in [2.75, 3.05) is 0 Å². The van der Waals surface area contributed by atoms with Crippen molar-refractivity contribution in [3.8, 4) is 0 Å². The number of hydrogen-bond acceptors (Lipinski definition) is 1. The van der Waals surface area contributed by atoms with Gasteiger partial charge in [-0.05, 0) is 96.0 Å². The summed E-state index contributed by atoms with van der Waals surface area (Å²) in [6.45, 7) is 11.3. The van der Waals surface area contributed by atoms with Crippen molar-refractivity contribution in [2.24, 2.45) is 23.2 Å². The lowest BCUT2D eigenvalue weighted by Gasteiger charge is -2.52. The van der Waals surface area contributed by atoms with Crippen molar-refractivity contribution in [2.45, 2.75) is 77.6 Å². The number of hydrogen-bond donors (Lipinski definition) is 0. The van der Waals surface area contributed by atoms with Gasteiger partial charge in [-0.2, -0.15) is 0 Å². The molecule has 30 heavy (non-hydrogen) atoms. The first-order chi connectivity index (χ1) is 14.4. The van der Waals surface area contributed by atoms with Gasteiger partial charge in [-0.25, -0.2) is 0 Å². The molecule has 5 unspecified atom stereocenters. The van der Waals surface area contributed by atoms with E-state index in [0.717, 1.165) is 18.8 Å². The minimum Gasteiger partial charge on any atom is -0.295 e. The molecule has 2 fully saturated rings. The highest BCUT2D eigenvalue weighted by molar-refractivity contribution is 5.93. The normalized spacial score (nSPS) is 35.6. The number of carbonyl (C=O) groups is 1. The standard InChI is InChI=1S/C29H36O/c1-5-22-11-15-27-25-13-10-21-16-23(30)12-14-24(21)28(25)26(17-29(22,27)4)20-8-6-19(7-9-20)18(2)3/h5-9,16,18,22,25-27H,1,10-15,17H2,2-4H3. The first kappa shape index (κ1) is 20.0. The molecule has 0 heterocycles. The monoisotopic (exact) mass is 400 g/mol. The van der Waals surface area contributed by atoms with Gasteiger partial charge < -0.3 is 0 Å². The van der Waals surface area contributed by atoms with E-state index in [1.54, 1.807) is 11.1 Å². The van der Waals surface area contributed by atoms with E-state index >= 15 is 0 Å². The zero-order chi connectivity index (χ0) is 21.0. The van der Waals surface area contributed by atoms with Crippen LogP contribution in [0.1, 0.15) is 88.7 Å². The molecular weight excluding hydrogens is 364 g/mol. The summed E-state index contributed by atoms with van der Waals surface area (Å²) in [5.74, 6) is 3.48. The van der Waals surface area contributed by atoms with Crippen LogP contribution in [0, 0.1) is 23.2 Å². The summed E-state index contributed by atoms with van der Waals surface area (Å²) in [5, 5.41) is 0. The Morgan fingerprint density at radius 2 is 1.83 bits per heavy atom. The van der Waals surface area contributed by atoms with Gasteiger partial charge in [0.05, 0.1) is 0 Å². The predicted octanol–water partition coefficient (Wildman–Crippen LogP) is 7.51. The second-order valence-electron chi connectivity index (χ2n) is 10.8. The maximum absolute atomic E-state index is 12.1. The van der Waals surface area contributed by atoms with Gasteiger partial charge in [0, 0.05) is 12.3 Å². The Morgan fingerprint density at radius 1 is 1.07 bits per heavy atom. The van der Waals surface area contributed by atoms with Gasteiger partial charge >= 0.3 is 0 Å². The third kappa shape index (κ3) is 3.00. The van der Waals surface area contributed by atoms with Gasteiger partial charge in [-0.1, -0.05) is 56.7 Å². The Hall–Kier alpha value is -1.89. The van der Waals surface area contributed by atoms with Crippen LogP contribution >= 0.6 is 0 Å². The first-order valence-corrected chi connectivity index (χ1v) is 12.1. The molecule has 5 rings (SSSR count). The van der Waals surface area contributed by atoms with Crippen molar-refractivity contribution in [3.05, 3.63) is 70.8 Å². The van der Waals surface area contributed by atoms with Crippen molar-refractivity contribution < 1.29 is 4.79 Å². The van der Waals surface area contributed by atoms with Crippen molar-refractivity contribution >= 4 is 5.78 Å². The summed E-state index contributed by atoms with van der Waals surface area (Å²) >= 11 is 0. The fourth-order valence-corrected chi connectivity index (χ4v) is 7.50. The molecule has 0 radical (unpaired) electrons. The Balaban J connectivity index is 1.65. The van der Waals surface area contributed by atoms with Crippen LogP contribution < -0.4 is 0 Å². The number of ketones is 1. The van der Waals surface area contributed by atoms with E-state index < -0.39 is 0 Å². The van der Waals surface area contributed by atoms with Gasteiger partial charge in [0.1, 0.15) is 0 Å². The van der Waals surface area contributed by atoms with E-state index in [0.29, 0.717) is 41.3 Å². The molecule has 1 heteroatoms. The molecule has 158 valence electrons. The SMILES string of the molecule is C=CC1CCC2C3CCC4=CC(=O)CCC4=C3C(c3ccc(C(C)C)cc3)CC12C. The molecule has 0 aromatic heterocycles. The van der Waals surface area contributed by atoms with E-state index in [9.17, 15) is 4.79 Å². The highest BCUT2D eigenvalue weighted by Crippen LogP contribution is 2.65. The van der Waals surface area contributed by atoms with Crippen molar-refractivity contribution in [1.82, 2.24) is 0 Å². The van der Waals surface area contributed by atoms with Crippen LogP contribution in [-0.2, 0) is 4.79 Å². The molecule has 0 amide bonds. The topological polar surface area (TPSA) is 17.1 Å². The number of benzene rings is 1. The van der Waals surface area contributed by atoms with Crippen LogP contribution in [0.15, 0.2) is 59.7 Å². The predicted molar refractivity (Wildman–Crippen MR) is 124 cm³/mol. The van der Waals surface area contributed by atoms with Gasteiger partial charge in [0.2, 0.25) is 0 Å². The van der Waals surface area contributed by atoms with E-state index in [1.807, 2.05) is 6.08 Å². The minimum atomic E-state index is 0.332. The minimum absolute atomic E-state index is 0.332. The number of carbonyl (C=O) groups excluding carboxylic acids is 1. The Kier molecular flexibility index (Phi) is 4.92. The van der Waals surface area contributed by atoms with Gasteiger partial charge in [0.25, 0.3) is 0 Å². The van der Waals surface area contributed by atoms with E-state index in [2.05, 4.69) is 57.7 Å². The summed E-state index contributed by atoms with van der Waals surface area (Å²) in [5.41, 5.74) is 7.90. The molecule has 1 aromatic rings. The summed E-state index contributed by atoms with van der Waals surface area (Å²) in [6, 6.07) is 9.49. The maximum Gasteiger partial charge on any atom is 0.156 e. The van der Waals surface area contributed by atoms with Gasteiger partial charge in [-0.3, -0.25) is 4.79 Å². The van der Waals surface area contributed by atoms with Crippen LogP contribution in [-0.4, -0.2) is 5.78 Å². The average Bonchev–Trinajstić information content (AvgIpc) is 3.08. The molecular formula is C29H36O. The molecule has 0 saturated heterocycles. The fourth-order valence-electron chi connectivity index (χ4n) is 7.50. The largest absolute Gasteiger partial charge is 0.295 e. The van der Waals surface area contributed by atoms with Gasteiger partial charge in [0.15, 0.2) is 5.78 Å². The Morgan fingerprint density at radius 3 is 2.53 bits per heavy atom. The van der Waals surface area contributed by atoms with Crippen LogP contribution in [0.2, 0.25) is 0 Å². The molecule has 0 N–H and O–H groups in total. The summed E-state index contributed by atoms with van der Waals surface area (Å²) in [7, 11) is 0. The lowest BCUT2D eigenvalue weighted by Crippen LogP contribution is -2.43. The molecule has 1 nitrogen and oxygen atoms in total. The fraction of sp³-hybridized carbons (Fsp3) is 0.552. The average molecular weight is 401 g/mol. The van der Waals surface area contributed by atoms with Crippen LogP contribution in [0.4, 0.5) is 0 Å². The molecule has 5 atom stereocenters. The second kappa shape index (κ2) is 7.36. The zero-order valence-electron chi connectivity index (χ0n) is 18.9. The Labute approximate surface area is 182 Å². The van der Waals surface area contributed by atoms with Crippen LogP contribution in [0.5, 0.6) is 0 Å². The van der Waals surface area contributed by atoms with E-state index in [-0.39, 0.29) is 0 Å². The molecule has 0 spiro atoms. The van der Waals surface area contributed by atoms with Gasteiger partial charge in [-0.15, -0.1) is 6.58 Å². The molecule has 0 aliphatic heterocycles. The van der Waals surface area contributed by atoms with Crippen molar-refractivity contribution in [3.63, 3.8) is 0 Å². The molecule has 2 saturated carbocycles.